The Morgan fingerprint density at radius 3 is 2.29 bits per heavy atom. The molecule has 0 aliphatic carbocycles. The summed E-state index contributed by atoms with van der Waals surface area (Å²) < 4.78 is 30.1. The molecule has 0 atom stereocenters. The number of carbonyl (C=O) groups excluding carboxylic acids is 2. The number of benzene rings is 1. The van der Waals surface area contributed by atoms with Gasteiger partial charge in [-0.1, -0.05) is 24.3 Å². The molecule has 10 heteroatoms. The van der Waals surface area contributed by atoms with Crippen LogP contribution in [0.25, 0.3) is 11.3 Å². The number of hydroxylamine groups is 1. The zero-order chi connectivity index (χ0) is 24.2. The van der Waals surface area contributed by atoms with Crippen LogP contribution in [0.15, 0.2) is 47.5 Å². The van der Waals surface area contributed by atoms with Crippen molar-refractivity contribution in [2.24, 2.45) is 0 Å². The predicted octanol–water partition coefficient (Wildman–Crippen LogP) is 2.13. The van der Waals surface area contributed by atoms with Crippen LogP contribution in [-0.4, -0.2) is 66.4 Å². The molecule has 4 rings (SSSR count). The monoisotopic (exact) mass is 487 g/mol. The maximum absolute atomic E-state index is 13.3. The predicted molar refractivity (Wildman–Crippen MR) is 124 cm³/mol. The Morgan fingerprint density at radius 2 is 1.71 bits per heavy atom. The number of nitrogens with zero attached hydrogens (tertiary/aromatic N) is 2. The smallest absolute Gasteiger partial charge is 0.265 e. The number of likely N-dealkylation sites (tertiary alicyclic amines) is 1. The molecule has 2 saturated heterocycles. The summed E-state index contributed by atoms with van der Waals surface area (Å²) in [6.07, 6.45) is 4.77. The number of ether oxygens (including phenoxy) is 1. The molecule has 1 aromatic carbocycles. The van der Waals surface area contributed by atoms with E-state index in [0.717, 1.165) is 37.1 Å². The number of hydrogen-bond donors (Lipinski definition) is 2. The molecule has 182 valence electrons. The zero-order valence-electron chi connectivity index (χ0n) is 18.9. The second-order valence-electron chi connectivity index (χ2n) is 8.75. The molecule has 0 unspecified atom stereocenters. The van der Waals surface area contributed by atoms with Crippen LogP contribution < -0.4 is 5.48 Å². The van der Waals surface area contributed by atoms with E-state index in [1.165, 1.54) is 24.2 Å². The maximum Gasteiger partial charge on any atom is 0.265 e. The molecule has 0 spiro atoms. The first-order valence-electron chi connectivity index (χ1n) is 11.5. The number of rotatable bonds is 6. The number of piperidine rings is 1. The van der Waals surface area contributed by atoms with Gasteiger partial charge in [-0.3, -0.25) is 19.8 Å². The normalized spacial score (nSPS) is 18.3. The molecule has 2 N–H and O–H groups in total. The molecule has 2 aliphatic heterocycles. The summed E-state index contributed by atoms with van der Waals surface area (Å²) in [5.41, 5.74) is 3.77. The lowest BCUT2D eigenvalue weighted by molar-refractivity contribution is -0.134. The van der Waals surface area contributed by atoms with Crippen molar-refractivity contribution in [3.8, 4) is 11.3 Å². The first-order valence-corrected chi connectivity index (χ1v) is 13.0. The van der Waals surface area contributed by atoms with Crippen molar-refractivity contribution in [1.29, 1.82) is 0 Å². The van der Waals surface area contributed by atoms with E-state index in [4.69, 9.17) is 9.94 Å². The molecule has 1 aromatic heterocycles. The van der Waals surface area contributed by atoms with E-state index in [9.17, 15) is 18.0 Å². The van der Waals surface area contributed by atoms with E-state index in [0.29, 0.717) is 12.1 Å². The fraction of sp³-hybridized carbons (Fsp3) is 0.458. The molecular weight excluding hydrogens is 458 g/mol. The molecule has 0 bridgehead atoms. The van der Waals surface area contributed by atoms with Gasteiger partial charge in [0.2, 0.25) is 5.91 Å². The third-order valence-electron chi connectivity index (χ3n) is 6.69. The van der Waals surface area contributed by atoms with Gasteiger partial charge >= 0.3 is 0 Å². The lowest BCUT2D eigenvalue weighted by atomic mass is 9.98. The minimum Gasteiger partial charge on any atom is -0.381 e. The number of sulfone groups is 1. The van der Waals surface area contributed by atoms with Gasteiger partial charge in [0.15, 0.2) is 14.6 Å². The third-order valence-corrected chi connectivity index (χ3v) is 9.18. The van der Waals surface area contributed by atoms with Crippen molar-refractivity contribution in [2.75, 3.05) is 26.3 Å². The Kier molecular flexibility index (Phi) is 7.30. The fourth-order valence-corrected chi connectivity index (χ4v) is 6.46. The SMILES string of the molecule is O=C(Cc1ccc(-c2ccc(S(=O)(=O)C3(C(=O)NO)CCOCC3)cn2)cc1)N1CCCCC1. The number of hydrogen-bond acceptors (Lipinski definition) is 7. The first-order chi connectivity index (χ1) is 16.4. The van der Waals surface area contributed by atoms with Crippen molar-refractivity contribution < 1.29 is 28.0 Å². The van der Waals surface area contributed by atoms with Gasteiger partial charge in [0, 0.05) is 38.1 Å². The molecule has 9 nitrogen and oxygen atoms in total. The lowest BCUT2D eigenvalue weighted by Gasteiger charge is -2.34. The van der Waals surface area contributed by atoms with Crippen molar-refractivity contribution in [2.45, 2.75) is 48.2 Å². The molecular formula is C24H29N3O6S. The van der Waals surface area contributed by atoms with Crippen molar-refractivity contribution >= 4 is 21.7 Å². The second-order valence-corrected chi connectivity index (χ2v) is 11.0. The van der Waals surface area contributed by atoms with Gasteiger partial charge in [0.05, 0.1) is 17.0 Å². The van der Waals surface area contributed by atoms with Crippen LogP contribution in [-0.2, 0) is 30.6 Å². The number of nitrogens with one attached hydrogen (secondary N) is 1. The van der Waals surface area contributed by atoms with Crippen LogP contribution in [0.5, 0.6) is 0 Å². The Balaban J connectivity index is 1.49. The van der Waals surface area contributed by atoms with Gasteiger partial charge in [-0.2, -0.15) is 0 Å². The molecule has 3 heterocycles. The molecule has 2 fully saturated rings. The van der Waals surface area contributed by atoms with Crippen molar-refractivity contribution in [3.63, 3.8) is 0 Å². The van der Waals surface area contributed by atoms with Crippen LogP contribution in [0.4, 0.5) is 0 Å². The molecule has 34 heavy (non-hydrogen) atoms. The molecule has 2 aliphatic rings. The number of pyridine rings is 1. The third kappa shape index (κ3) is 4.70. The van der Waals surface area contributed by atoms with Gasteiger partial charge in [0.25, 0.3) is 5.91 Å². The van der Waals surface area contributed by atoms with Crippen LogP contribution in [0.3, 0.4) is 0 Å². The topological polar surface area (TPSA) is 126 Å². The summed E-state index contributed by atoms with van der Waals surface area (Å²) in [6.45, 7) is 1.85. The van der Waals surface area contributed by atoms with E-state index >= 15 is 0 Å². The van der Waals surface area contributed by atoms with Gasteiger partial charge < -0.3 is 9.64 Å². The molecule has 0 radical (unpaired) electrons. The van der Waals surface area contributed by atoms with E-state index in [1.807, 2.05) is 29.2 Å². The standard InChI is InChI=1S/C24H29N3O6S/c28-22(27-12-2-1-3-13-27)16-18-4-6-19(7-5-18)21-9-8-20(17-25-21)34(31,32)24(23(29)26-30)10-14-33-15-11-24/h4-9,17,30H,1-3,10-16H2,(H,26,29). The Morgan fingerprint density at radius 1 is 1.03 bits per heavy atom. The van der Waals surface area contributed by atoms with Gasteiger partial charge in [-0.05, 0) is 49.8 Å². The highest BCUT2D eigenvalue weighted by Crippen LogP contribution is 2.35. The van der Waals surface area contributed by atoms with E-state index < -0.39 is 20.5 Å². The lowest BCUT2D eigenvalue weighted by Crippen LogP contribution is -2.54. The average molecular weight is 488 g/mol. The van der Waals surface area contributed by atoms with E-state index in [1.54, 1.807) is 6.07 Å². The van der Waals surface area contributed by atoms with Crippen LogP contribution in [0, 0.1) is 0 Å². The second kappa shape index (κ2) is 10.2. The molecule has 2 amide bonds. The maximum atomic E-state index is 13.3. The summed E-state index contributed by atoms with van der Waals surface area (Å²) in [4.78, 5) is 31.0. The number of carbonyl (C=O) groups is 2. The highest BCUT2D eigenvalue weighted by molar-refractivity contribution is 7.93. The molecule has 2 aromatic rings. The Bertz CT molecular complexity index is 1120. The minimum atomic E-state index is -4.12. The largest absolute Gasteiger partial charge is 0.381 e. The highest BCUT2D eigenvalue weighted by atomic mass is 32.2. The van der Waals surface area contributed by atoms with Crippen LogP contribution in [0.2, 0.25) is 0 Å². The summed E-state index contributed by atoms with van der Waals surface area (Å²) in [5, 5.41) is 9.16. The summed E-state index contributed by atoms with van der Waals surface area (Å²) in [6, 6.07) is 10.5. The Hall–Kier alpha value is -2.82. The summed E-state index contributed by atoms with van der Waals surface area (Å²) in [5.74, 6) is -0.830. The van der Waals surface area contributed by atoms with E-state index in [2.05, 4.69) is 4.98 Å². The quantitative estimate of drug-likeness (QED) is 0.472. The van der Waals surface area contributed by atoms with Crippen LogP contribution in [0.1, 0.15) is 37.7 Å². The average Bonchev–Trinajstić information content (AvgIpc) is 2.89. The minimum absolute atomic E-state index is 0.0545. The summed E-state index contributed by atoms with van der Waals surface area (Å²) in [7, 11) is -4.12. The van der Waals surface area contributed by atoms with E-state index in [-0.39, 0.29) is 36.9 Å². The van der Waals surface area contributed by atoms with Gasteiger partial charge in [0.1, 0.15) is 0 Å². The van der Waals surface area contributed by atoms with Crippen molar-refractivity contribution in [1.82, 2.24) is 15.4 Å². The zero-order valence-corrected chi connectivity index (χ0v) is 19.7. The summed E-state index contributed by atoms with van der Waals surface area (Å²) >= 11 is 0. The molecule has 0 saturated carbocycles. The van der Waals surface area contributed by atoms with Crippen LogP contribution >= 0.6 is 0 Å². The number of aromatic nitrogens is 1. The highest BCUT2D eigenvalue weighted by Gasteiger charge is 2.52. The Labute approximate surface area is 199 Å². The van der Waals surface area contributed by atoms with Gasteiger partial charge in [-0.15, -0.1) is 0 Å². The van der Waals surface area contributed by atoms with Crippen molar-refractivity contribution in [3.05, 3.63) is 48.2 Å². The fourth-order valence-electron chi connectivity index (χ4n) is 4.58. The first kappa shape index (κ1) is 24.3. The van der Waals surface area contributed by atoms with Gasteiger partial charge in [-0.25, -0.2) is 13.9 Å². The number of amides is 2.